The van der Waals surface area contributed by atoms with E-state index in [4.69, 9.17) is 11.0 Å². The first kappa shape index (κ1) is 7.21. The van der Waals surface area contributed by atoms with Crippen molar-refractivity contribution in [3.05, 3.63) is 27.1 Å². The summed E-state index contributed by atoms with van der Waals surface area (Å²) in [6.07, 6.45) is -2.08. The van der Waals surface area contributed by atoms with E-state index in [1.807, 2.05) is 0 Å². The molecule has 0 spiro atoms. The number of rotatable bonds is 5. The van der Waals surface area contributed by atoms with Crippen LogP contribution in [0.1, 0.15) is 37.2 Å². The molecule has 110 valence electrons. The van der Waals surface area contributed by atoms with Crippen molar-refractivity contribution >= 4 is 11.2 Å². The highest BCUT2D eigenvalue weighted by Crippen LogP contribution is 2.04. The highest BCUT2D eigenvalue weighted by molar-refractivity contribution is 5.69. The van der Waals surface area contributed by atoms with Gasteiger partial charge in [0.2, 0.25) is 0 Å². The predicted octanol–water partition coefficient (Wildman–Crippen LogP) is -0.0152. The van der Waals surface area contributed by atoms with Crippen molar-refractivity contribution in [2.75, 3.05) is 0 Å². The van der Waals surface area contributed by atoms with Gasteiger partial charge in [-0.15, -0.1) is 0 Å². The van der Waals surface area contributed by atoms with Crippen LogP contribution in [0.3, 0.4) is 0 Å². The number of unbranched alkanes of at least 4 members (excludes halogenated alkanes) is 1. The fourth-order valence-electron chi connectivity index (χ4n) is 1.92. The van der Waals surface area contributed by atoms with Crippen LogP contribution in [0.15, 0.2) is 15.9 Å². The van der Waals surface area contributed by atoms with Gasteiger partial charge in [0.1, 0.15) is 1.37 Å². The van der Waals surface area contributed by atoms with E-state index in [1.165, 1.54) is 6.92 Å². The predicted molar refractivity (Wildman–Crippen MR) is 75.7 cm³/mol. The van der Waals surface area contributed by atoms with E-state index in [9.17, 15) is 14.7 Å². The van der Waals surface area contributed by atoms with Gasteiger partial charge in [-0.1, -0.05) is 0 Å². The summed E-state index contributed by atoms with van der Waals surface area (Å²) >= 11 is 0. The molecule has 2 heterocycles. The first-order chi connectivity index (χ1) is 12.6. The third-order valence-corrected chi connectivity index (χ3v) is 2.94. The van der Waals surface area contributed by atoms with Crippen LogP contribution in [0.4, 0.5) is 0 Å². The smallest absolute Gasteiger partial charge is 0.332 e. The zero-order valence-electron chi connectivity index (χ0n) is 18.9. The number of aryl methyl sites for hydroxylation is 2. The largest absolute Gasteiger partial charge is 0.393 e. The summed E-state index contributed by atoms with van der Waals surface area (Å²) in [6.45, 7) is -5.02. The van der Waals surface area contributed by atoms with Gasteiger partial charge in [0.15, 0.2) is 11.2 Å². The van der Waals surface area contributed by atoms with Crippen LogP contribution >= 0.6 is 0 Å². The molecule has 0 saturated carbocycles. The summed E-state index contributed by atoms with van der Waals surface area (Å²) in [6, 6.07) is 0. The first-order valence-electron chi connectivity index (χ1n) is 10.0. The van der Waals surface area contributed by atoms with Crippen molar-refractivity contribution in [2.45, 2.75) is 38.8 Å². The standard InChI is InChI=1S/C13H20N4O3/c1-9(18)6-4-5-7-17-12(19)10-11(14-8-15(10)2)16(3)13(17)20/h8-9,18H,4-7H2,1-3H3/i2D3,3D3,8D,9D. The van der Waals surface area contributed by atoms with Gasteiger partial charge >= 0.3 is 5.69 Å². The minimum atomic E-state index is -3.06. The molecular weight excluding hydrogens is 260 g/mol. The van der Waals surface area contributed by atoms with Gasteiger partial charge < -0.3 is 9.67 Å². The van der Waals surface area contributed by atoms with Gasteiger partial charge in [-0.2, -0.15) is 0 Å². The molecule has 2 rings (SSSR count). The van der Waals surface area contributed by atoms with Gasteiger partial charge in [0.25, 0.3) is 5.56 Å². The maximum atomic E-state index is 12.8. The molecule has 0 bridgehead atoms. The molecule has 0 aliphatic rings. The number of aliphatic hydroxyl groups is 1. The molecule has 0 amide bonds. The summed E-state index contributed by atoms with van der Waals surface area (Å²) in [7, 11) is 0. The Balaban J connectivity index is 2.71. The topological polar surface area (TPSA) is 82.1 Å². The highest BCUT2D eigenvalue weighted by Gasteiger charge is 2.14. The monoisotopic (exact) mass is 288 g/mol. The Bertz CT molecular complexity index is 993. The molecule has 0 fully saturated rings. The zero-order valence-corrected chi connectivity index (χ0v) is 10.9. The first-order valence-corrected chi connectivity index (χ1v) is 6.04. The Morgan fingerprint density at radius 1 is 1.50 bits per heavy atom. The Labute approximate surface area is 127 Å². The third kappa shape index (κ3) is 2.53. The molecule has 0 aliphatic heterocycles. The SMILES string of the molecule is [2H]c1nc2c(c(=O)n(CCCCC([2H])(C)O)c(=O)n2C([2H])([2H])[2H])n1C([2H])([2H])[2H]. The lowest BCUT2D eigenvalue weighted by atomic mass is 10.2. The van der Waals surface area contributed by atoms with Crippen LogP contribution in [-0.2, 0) is 20.5 Å². The summed E-state index contributed by atoms with van der Waals surface area (Å²) < 4.78 is 61.4. The lowest BCUT2D eigenvalue weighted by Crippen LogP contribution is -2.39. The van der Waals surface area contributed by atoms with Crippen molar-refractivity contribution in [3.8, 4) is 0 Å². The van der Waals surface area contributed by atoms with Gasteiger partial charge in [-0.05, 0) is 26.2 Å². The van der Waals surface area contributed by atoms with E-state index < -0.39 is 48.7 Å². The average Bonchev–Trinajstić information content (AvgIpc) is 2.80. The van der Waals surface area contributed by atoms with Gasteiger partial charge in [0.05, 0.1) is 13.8 Å². The molecular formula is C13H20N4O3. The van der Waals surface area contributed by atoms with Crippen LogP contribution in [0.25, 0.3) is 11.2 Å². The molecule has 0 aliphatic carbocycles. The van der Waals surface area contributed by atoms with Crippen LogP contribution in [0.5, 0.6) is 0 Å². The third-order valence-electron chi connectivity index (χ3n) is 2.94. The minimum absolute atomic E-state index is 0.0571. The zero-order chi connectivity index (χ0) is 21.7. The van der Waals surface area contributed by atoms with Crippen molar-refractivity contribution in [3.63, 3.8) is 0 Å². The van der Waals surface area contributed by atoms with E-state index in [0.29, 0.717) is 9.13 Å². The Morgan fingerprint density at radius 2 is 2.30 bits per heavy atom. The normalized spacial score (nSPS) is 21.7. The Kier molecular flexibility index (Phi) is 2.03. The molecule has 1 N–H and O–H groups in total. The lowest BCUT2D eigenvalue weighted by molar-refractivity contribution is 0.180. The fourth-order valence-corrected chi connectivity index (χ4v) is 1.92. The van der Waals surface area contributed by atoms with Crippen molar-refractivity contribution in [1.82, 2.24) is 18.7 Å². The Hall–Kier alpha value is -1.89. The van der Waals surface area contributed by atoms with Crippen molar-refractivity contribution < 1.29 is 16.1 Å². The van der Waals surface area contributed by atoms with Crippen LogP contribution in [0, 0.1) is 0 Å². The van der Waals surface area contributed by atoms with E-state index in [2.05, 4.69) is 4.98 Å². The van der Waals surface area contributed by atoms with Crippen molar-refractivity contribution in [1.29, 1.82) is 0 Å². The Morgan fingerprint density at radius 3 is 2.95 bits per heavy atom. The molecule has 1 unspecified atom stereocenters. The molecule has 20 heavy (non-hydrogen) atoms. The van der Waals surface area contributed by atoms with Crippen LogP contribution < -0.4 is 11.2 Å². The summed E-state index contributed by atoms with van der Waals surface area (Å²) in [4.78, 5) is 29.0. The summed E-state index contributed by atoms with van der Waals surface area (Å²) in [5, 5.41) is 9.41. The molecule has 0 radical (unpaired) electrons. The summed E-state index contributed by atoms with van der Waals surface area (Å²) in [5.74, 6) is 0. The maximum Gasteiger partial charge on any atom is 0.332 e. The molecule has 7 nitrogen and oxygen atoms in total. The second-order valence-electron chi connectivity index (χ2n) is 4.49. The molecule has 7 heteroatoms. The molecule has 1 atom stereocenters. The average molecular weight is 288 g/mol. The number of imidazole rings is 1. The van der Waals surface area contributed by atoms with E-state index >= 15 is 0 Å². The number of hydrogen-bond donors (Lipinski definition) is 1. The second kappa shape index (κ2) is 5.62. The number of hydrogen-bond acceptors (Lipinski definition) is 4. The fraction of sp³-hybridized carbons (Fsp3) is 0.615. The second-order valence-corrected chi connectivity index (χ2v) is 4.49. The molecule has 2 aromatic heterocycles. The quantitative estimate of drug-likeness (QED) is 0.784. The lowest BCUT2D eigenvalue weighted by Gasteiger charge is -2.09. The number of aromatic nitrogens is 4. The van der Waals surface area contributed by atoms with Gasteiger partial charge in [0, 0.05) is 28.7 Å². The van der Waals surface area contributed by atoms with Crippen molar-refractivity contribution in [2.24, 2.45) is 14.0 Å². The van der Waals surface area contributed by atoms with E-state index in [0.717, 1.165) is 0 Å². The number of nitrogens with zero attached hydrogens (tertiary/aromatic N) is 4. The minimum Gasteiger partial charge on any atom is -0.393 e. The molecule has 0 aromatic carbocycles. The van der Waals surface area contributed by atoms with Crippen LogP contribution in [-0.4, -0.2) is 29.9 Å². The number of fused-ring (bicyclic) bond motifs is 1. The molecule has 2 aromatic rings. The summed E-state index contributed by atoms with van der Waals surface area (Å²) in [5.41, 5.74) is -3.64. The van der Waals surface area contributed by atoms with Crippen LogP contribution in [0.2, 0.25) is 0 Å². The van der Waals surface area contributed by atoms with E-state index in [1.54, 1.807) is 0 Å². The molecule has 0 saturated heterocycles. The van der Waals surface area contributed by atoms with Gasteiger partial charge in [-0.25, -0.2) is 9.78 Å². The van der Waals surface area contributed by atoms with Gasteiger partial charge in [-0.3, -0.25) is 13.9 Å². The maximum absolute atomic E-state index is 12.8. The van der Waals surface area contributed by atoms with E-state index in [-0.39, 0.29) is 30.4 Å². The highest BCUT2D eigenvalue weighted by atomic mass is 16.3.